The number of hydrogen-bond donors (Lipinski definition) is 1. The number of Topliss-reactive ketones (excluding diaryl/α,β-unsaturated/α-hetero) is 1. The highest BCUT2D eigenvalue weighted by Crippen LogP contribution is 2.24. The van der Waals surface area contributed by atoms with Crippen LogP contribution in [0.5, 0.6) is 0 Å². The fraction of sp³-hybridized carbons (Fsp3) is 0.238. The molecule has 3 aromatic rings. The maximum Gasteiger partial charge on any atom is 0.306 e. The molecule has 0 unspecified atom stereocenters. The zero-order valence-corrected chi connectivity index (χ0v) is 14.4. The van der Waals surface area contributed by atoms with Crippen LogP contribution in [-0.4, -0.2) is 22.8 Å². The summed E-state index contributed by atoms with van der Waals surface area (Å²) in [5.41, 5.74) is 3.37. The number of nitrogens with one attached hydrogen (secondary N) is 1. The maximum absolute atomic E-state index is 12.8. The molecule has 1 N–H and O–H groups in total. The lowest BCUT2D eigenvalue weighted by Gasteiger charge is -2.12. The van der Waals surface area contributed by atoms with Gasteiger partial charge in [0.15, 0.2) is 6.10 Å². The fourth-order valence-electron chi connectivity index (χ4n) is 3.00. The molecule has 0 fully saturated rings. The highest BCUT2D eigenvalue weighted by Gasteiger charge is 2.24. The van der Waals surface area contributed by atoms with Crippen LogP contribution in [0, 0.1) is 6.92 Å². The van der Waals surface area contributed by atoms with Gasteiger partial charge in [-0.25, -0.2) is 0 Å². The standard InChI is InChI=1S/C21H21NO3/c1-14-20(17-10-6-7-11-18(17)22-14)21(24)15(2)25-19(23)13-12-16-8-4-3-5-9-16/h3-11,15,22H,12-13H2,1-2H3/t15-/m0/s1. The monoisotopic (exact) mass is 335 g/mol. The number of para-hydroxylation sites is 1. The summed E-state index contributed by atoms with van der Waals surface area (Å²) in [4.78, 5) is 28.0. The second kappa shape index (κ2) is 7.34. The average molecular weight is 335 g/mol. The first-order valence-corrected chi connectivity index (χ1v) is 8.41. The third kappa shape index (κ3) is 3.79. The van der Waals surface area contributed by atoms with Crippen molar-refractivity contribution >= 4 is 22.7 Å². The molecule has 3 rings (SSSR count). The average Bonchev–Trinajstić information content (AvgIpc) is 2.96. The van der Waals surface area contributed by atoms with Crippen LogP contribution in [0.15, 0.2) is 54.6 Å². The molecule has 1 aromatic heterocycles. The van der Waals surface area contributed by atoms with Gasteiger partial charge in [-0.3, -0.25) is 9.59 Å². The van der Waals surface area contributed by atoms with Crippen LogP contribution in [0.3, 0.4) is 0 Å². The van der Waals surface area contributed by atoms with Crippen LogP contribution in [0.2, 0.25) is 0 Å². The van der Waals surface area contributed by atoms with Gasteiger partial charge in [-0.15, -0.1) is 0 Å². The summed E-state index contributed by atoms with van der Waals surface area (Å²) in [6, 6.07) is 17.4. The Morgan fingerprint density at radius 1 is 1.04 bits per heavy atom. The van der Waals surface area contributed by atoms with E-state index in [-0.39, 0.29) is 18.2 Å². The Morgan fingerprint density at radius 3 is 2.48 bits per heavy atom. The molecule has 0 amide bonds. The molecular formula is C21H21NO3. The quantitative estimate of drug-likeness (QED) is 0.542. The summed E-state index contributed by atoms with van der Waals surface area (Å²) in [6.45, 7) is 3.49. The molecule has 1 atom stereocenters. The van der Waals surface area contributed by atoms with Gasteiger partial charge in [0.1, 0.15) is 0 Å². The van der Waals surface area contributed by atoms with Crippen molar-refractivity contribution in [3.63, 3.8) is 0 Å². The van der Waals surface area contributed by atoms with Gasteiger partial charge in [0.2, 0.25) is 5.78 Å². The number of ether oxygens (including phenoxy) is 1. The molecule has 0 spiro atoms. The molecule has 0 aliphatic heterocycles. The van der Waals surface area contributed by atoms with E-state index in [1.54, 1.807) is 6.92 Å². The van der Waals surface area contributed by atoms with Crippen LogP contribution in [0.1, 0.15) is 35.0 Å². The second-order valence-corrected chi connectivity index (χ2v) is 6.15. The van der Waals surface area contributed by atoms with Crippen molar-refractivity contribution in [3.05, 3.63) is 71.4 Å². The van der Waals surface area contributed by atoms with Gasteiger partial charge in [0.25, 0.3) is 0 Å². The number of carbonyl (C=O) groups is 2. The topological polar surface area (TPSA) is 59.2 Å². The lowest BCUT2D eigenvalue weighted by atomic mass is 10.0. The van der Waals surface area contributed by atoms with E-state index in [1.165, 1.54) is 0 Å². The van der Waals surface area contributed by atoms with E-state index in [4.69, 9.17) is 4.74 Å². The molecule has 0 aliphatic carbocycles. The first-order chi connectivity index (χ1) is 12.1. The molecule has 0 radical (unpaired) electrons. The number of aryl methyl sites for hydroxylation is 2. The first kappa shape index (κ1) is 17.0. The van der Waals surface area contributed by atoms with Crippen molar-refractivity contribution in [3.8, 4) is 0 Å². The summed E-state index contributed by atoms with van der Waals surface area (Å²) in [7, 11) is 0. The summed E-state index contributed by atoms with van der Waals surface area (Å²) < 4.78 is 5.36. The van der Waals surface area contributed by atoms with Crippen molar-refractivity contribution < 1.29 is 14.3 Å². The number of ketones is 1. The molecule has 1 heterocycles. The Morgan fingerprint density at radius 2 is 1.72 bits per heavy atom. The number of esters is 1. The van der Waals surface area contributed by atoms with E-state index in [0.717, 1.165) is 22.2 Å². The predicted molar refractivity (Wildman–Crippen MR) is 97.7 cm³/mol. The minimum atomic E-state index is -0.804. The minimum Gasteiger partial charge on any atom is -0.454 e. The van der Waals surface area contributed by atoms with Crippen molar-refractivity contribution in [1.29, 1.82) is 0 Å². The molecule has 128 valence electrons. The summed E-state index contributed by atoms with van der Waals surface area (Å²) >= 11 is 0. The van der Waals surface area contributed by atoms with Gasteiger partial charge in [-0.2, -0.15) is 0 Å². The van der Waals surface area contributed by atoms with Crippen LogP contribution >= 0.6 is 0 Å². The molecule has 4 nitrogen and oxygen atoms in total. The van der Waals surface area contributed by atoms with Crippen LogP contribution in [0.25, 0.3) is 10.9 Å². The Balaban J connectivity index is 1.66. The Bertz CT molecular complexity index is 896. The van der Waals surface area contributed by atoms with Gasteiger partial charge in [-0.05, 0) is 31.9 Å². The van der Waals surface area contributed by atoms with Crippen molar-refractivity contribution in [1.82, 2.24) is 4.98 Å². The van der Waals surface area contributed by atoms with E-state index in [1.807, 2.05) is 61.5 Å². The molecule has 2 aromatic carbocycles. The number of aromatic nitrogens is 1. The van der Waals surface area contributed by atoms with E-state index >= 15 is 0 Å². The minimum absolute atomic E-state index is 0.178. The largest absolute Gasteiger partial charge is 0.454 e. The molecular weight excluding hydrogens is 314 g/mol. The van der Waals surface area contributed by atoms with Gasteiger partial charge >= 0.3 is 5.97 Å². The first-order valence-electron chi connectivity index (χ1n) is 8.41. The normalized spacial score (nSPS) is 12.1. The molecule has 0 bridgehead atoms. The zero-order valence-electron chi connectivity index (χ0n) is 14.4. The molecule has 4 heteroatoms. The smallest absolute Gasteiger partial charge is 0.306 e. The number of fused-ring (bicyclic) bond motifs is 1. The van der Waals surface area contributed by atoms with Crippen molar-refractivity contribution in [2.45, 2.75) is 32.8 Å². The number of rotatable bonds is 6. The maximum atomic E-state index is 12.8. The molecule has 0 saturated carbocycles. The zero-order chi connectivity index (χ0) is 17.8. The SMILES string of the molecule is Cc1[nH]c2ccccc2c1C(=O)[C@H](C)OC(=O)CCc1ccccc1. The number of carbonyl (C=O) groups excluding carboxylic acids is 2. The number of aromatic amines is 1. The highest BCUT2D eigenvalue weighted by atomic mass is 16.5. The summed E-state index contributed by atoms with van der Waals surface area (Å²) in [5, 5.41) is 0.859. The Hall–Kier alpha value is -2.88. The number of hydrogen-bond acceptors (Lipinski definition) is 3. The third-order valence-corrected chi connectivity index (χ3v) is 4.28. The lowest BCUT2D eigenvalue weighted by Crippen LogP contribution is -2.25. The second-order valence-electron chi connectivity index (χ2n) is 6.15. The Labute approximate surface area is 146 Å². The number of benzene rings is 2. The predicted octanol–water partition coefficient (Wildman–Crippen LogP) is 4.22. The van der Waals surface area contributed by atoms with E-state index in [0.29, 0.717) is 12.0 Å². The lowest BCUT2D eigenvalue weighted by molar-refractivity contribution is -0.146. The Kier molecular flexibility index (Phi) is 4.98. The van der Waals surface area contributed by atoms with Crippen LogP contribution < -0.4 is 0 Å². The van der Waals surface area contributed by atoms with Gasteiger partial charge < -0.3 is 9.72 Å². The molecule has 0 saturated heterocycles. The van der Waals surface area contributed by atoms with Crippen molar-refractivity contribution in [2.24, 2.45) is 0 Å². The summed E-state index contributed by atoms with van der Waals surface area (Å²) in [5.74, 6) is -0.537. The van der Waals surface area contributed by atoms with E-state index in [2.05, 4.69) is 4.98 Å². The third-order valence-electron chi connectivity index (χ3n) is 4.28. The fourth-order valence-corrected chi connectivity index (χ4v) is 3.00. The molecule has 25 heavy (non-hydrogen) atoms. The van der Waals surface area contributed by atoms with Crippen molar-refractivity contribution in [2.75, 3.05) is 0 Å². The molecule has 0 aliphatic rings. The van der Waals surface area contributed by atoms with Gasteiger partial charge in [0, 0.05) is 28.6 Å². The van der Waals surface area contributed by atoms with Crippen LogP contribution in [0.4, 0.5) is 0 Å². The van der Waals surface area contributed by atoms with Gasteiger partial charge in [0.05, 0.1) is 0 Å². The van der Waals surface area contributed by atoms with E-state index < -0.39 is 6.10 Å². The van der Waals surface area contributed by atoms with Crippen LogP contribution in [-0.2, 0) is 16.0 Å². The van der Waals surface area contributed by atoms with E-state index in [9.17, 15) is 9.59 Å². The highest BCUT2D eigenvalue weighted by molar-refractivity contribution is 6.11. The number of H-pyrrole nitrogens is 1. The van der Waals surface area contributed by atoms with Gasteiger partial charge in [-0.1, -0.05) is 48.5 Å². The summed E-state index contributed by atoms with van der Waals surface area (Å²) in [6.07, 6.45) is 0.0578.